The van der Waals surface area contributed by atoms with Gasteiger partial charge in [-0.15, -0.1) is 0 Å². The zero-order valence-electron chi connectivity index (χ0n) is 20.6. The Bertz CT molecular complexity index is 1680. The fourth-order valence-electron chi connectivity index (χ4n) is 6.08. The molecule has 0 saturated heterocycles. The largest absolute Gasteiger partial charge is 0.312 e. The van der Waals surface area contributed by atoms with Crippen LogP contribution >= 0.6 is 0 Å². The monoisotopic (exact) mass is 461 g/mol. The Morgan fingerprint density at radius 2 is 1.08 bits per heavy atom. The fraction of sp³-hybridized carbons (Fsp3) is 0.0857. The summed E-state index contributed by atoms with van der Waals surface area (Å²) in [5, 5.41) is 1.32. The second-order valence-electron chi connectivity index (χ2n) is 10.2. The Morgan fingerprint density at radius 3 is 1.75 bits per heavy atom. The summed E-state index contributed by atoms with van der Waals surface area (Å²) in [7, 11) is 0. The standard InChI is InChI=1S/C35H27N/c1-35(2)31-19-11-9-17-29(31)33-30-18-10-12-20-32(30)36(34(33)35)28-22-26(24-13-5-3-6-14-24)21-27(23-28)25-15-7-4-8-16-25/h3-23H,1-2H3. The van der Waals surface area contributed by atoms with Crippen LogP contribution in [-0.4, -0.2) is 4.57 Å². The van der Waals surface area contributed by atoms with E-state index in [2.05, 4.69) is 146 Å². The lowest BCUT2D eigenvalue weighted by atomic mass is 9.85. The molecule has 0 fully saturated rings. The van der Waals surface area contributed by atoms with Crippen molar-refractivity contribution in [3.63, 3.8) is 0 Å². The number of nitrogens with zero attached hydrogens (tertiary/aromatic N) is 1. The third kappa shape index (κ3) is 3.03. The molecule has 5 aromatic carbocycles. The van der Waals surface area contributed by atoms with E-state index in [1.54, 1.807) is 0 Å². The molecular weight excluding hydrogens is 434 g/mol. The van der Waals surface area contributed by atoms with Crippen molar-refractivity contribution in [2.24, 2.45) is 0 Å². The Morgan fingerprint density at radius 1 is 0.528 bits per heavy atom. The molecule has 1 aliphatic rings. The molecular formula is C35H27N. The summed E-state index contributed by atoms with van der Waals surface area (Å²) in [5.74, 6) is 0. The van der Waals surface area contributed by atoms with Crippen molar-refractivity contribution in [3.05, 3.63) is 139 Å². The van der Waals surface area contributed by atoms with E-state index in [-0.39, 0.29) is 5.41 Å². The third-order valence-electron chi connectivity index (χ3n) is 7.73. The number of hydrogen-bond acceptors (Lipinski definition) is 0. The molecule has 7 rings (SSSR count). The second kappa shape index (κ2) is 7.83. The number of benzene rings is 5. The van der Waals surface area contributed by atoms with Crippen LogP contribution < -0.4 is 0 Å². The first-order chi connectivity index (χ1) is 17.6. The minimum absolute atomic E-state index is 0.111. The molecule has 0 atom stereocenters. The first-order valence-corrected chi connectivity index (χ1v) is 12.6. The van der Waals surface area contributed by atoms with Crippen LogP contribution in [0.2, 0.25) is 0 Å². The quantitative estimate of drug-likeness (QED) is 0.247. The summed E-state index contributed by atoms with van der Waals surface area (Å²) >= 11 is 0. The minimum atomic E-state index is -0.111. The van der Waals surface area contributed by atoms with Gasteiger partial charge in [0.2, 0.25) is 0 Å². The van der Waals surface area contributed by atoms with E-state index in [9.17, 15) is 0 Å². The average molecular weight is 462 g/mol. The van der Waals surface area contributed by atoms with Gasteiger partial charge < -0.3 is 4.57 Å². The molecule has 0 bridgehead atoms. The molecule has 1 heterocycles. The molecule has 0 aliphatic heterocycles. The van der Waals surface area contributed by atoms with Gasteiger partial charge in [0.05, 0.1) is 5.52 Å². The second-order valence-corrected chi connectivity index (χ2v) is 10.2. The molecule has 1 nitrogen and oxygen atoms in total. The van der Waals surface area contributed by atoms with Gasteiger partial charge in [-0.3, -0.25) is 0 Å². The minimum Gasteiger partial charge on any atom is -0.312 e. The highest BCUT2D eigenvalue weighted by Crippen LogP contribution is 2.53. The van der Waals surface area contributed by atoms with Gasteiger partial charge in [-0.05, 0) is 57.6 Å². The number of para-hydroxylation sites is 1. The summed E-state index contributed by atoms with van der Waals surface area (Å²) in [6, 6.07) is 46.3. The summed E-state index contributed by atoms with van der Waals surface area (Å²) in [4.78, 5) is 0. The van der Waals surface area contributed by atoms with Crippen LogP contribution in [0.5, 0.6) is 0 Å². The normalized spacial score (nSPS) is 13.5. The molecule has 1 aliphatic carbocycles. The Hall–Kier alpha value is -4.36. The molecule has 0 saturated carbocycles. The molecule has 1 heteroatoms. The molecule has 1 aromatic heterocycles. The highest BCUT2D eigenvalue weighted by atomic mass is 15.0. The summed E-state index contributed by atoms with van der Waals surface area (Å²) in [6.07, 6.45) is 0. The maximum atomic E-state index is 2.52. The van der Waals surface area contributed by atoms with Crippen LogP contribution in [0.4, 0.5) is 0 Å². The molecule has 36 heavy (non-hydrogen) atoms. The van der Waals surface area contributed by atoms with Crippen LogP contribution in [0.15, 0.2) is 127 Å². The van der Waals surface area contributed by atoms with Gasteiger partial charge in [-0.2, -0.15) is 0 Å². The summed E-state index contributed by atoms with van der Waals surface area (Å²) < 4.78 is 2.52. The van der Waals surface area contributed by atoms with Crippen molar-refractivity contribution in [3.8, 4) is 39.1 Å². The predicted molar refractivity (Wildman–Crippen MR) is 152 cm³/mol. The molecule has 0 spiro atoms. The van der Waals surface area contributed by atoms with Gasteiger partial charge in [-0.25, -0.2) is 0 Å². The third-order valence-corrected chi connectivity index (χ3v) is 7.73. The van der Waals surface area contributed by atoms with E-state index in [1.807, 2.05) is 0 Å². The molecule has 0 radical (unpaired) electrons. The Kier molecular flexibility index (Phi) is 4.56. The van der Waals surface area contributed by atoms with Crippen LogP contribution in [-0.2, 0) is 5.41 Å². The SMILES string of the molecule is CC1(C)c2ccccc2-c2c1n(-c1cc(-c3ccccc3)cc(-c3ccccc3)c1)c1ccccc21. The average Bonchev–Trinajstić information content (AvgIpc) is 3.40. The van der Waals surface area contributed by atoms with E-state index in [0.717, 1.165) is 0 Å². The highest BCUT2D eigenvalue weighted by Gasteiger charge is 2.40. The number of rotatable bonds is 3. The lowest BCUT2D eigenvalue weighted by Crippen LogP contribution is -2.19. The Balaban J connectivity index is 1.58. The van der Waals surface area contributed by atoms with Crippen molar-refractivity contribution in [1.82, 2.24) is 4.57 Å². The van der Waals surface area contributed by atoms with Gasteiger partial charge in [0.1, 0.15) is 0 Å². The van der Waals surface area contributed by atoms with Crippen molar-refractivity contribution in [2.45, 2.75) is 19.3 Å². The molecule has 172 valence electrons. The maximum Gasteiger partial charge on any atom is 0.0538 e. The zero-order valence-corrected chi connectivity index (χ0v) is 20.6. The number of hydrogen-bond donors (Lipinski definition) is 0. The van der Waals surface area contributed by atoms with Crippen molar-refractivity contribution < 1.29 is 0 Å². The molecule has 6 aromatic rings. The van der Waals surface area contributed by atoms with E-state index in [1.165, 1.54) is 61.2 Å². The lowest BCUT2D eigenvalue weighted by molar-refractivity contribution is 0.624. The fourth-order valence-corrected chi connectivity index (χ4v) is 6.08. The first kappa shape index (κ1) is 21.0. The van der Waals surface area contributed by atoms with Gasteiger partial charge in [0.25, 0.3) is 0 Å². The number of fused-ring (bicyclic) bond motifs is 5. The summed E-state index contributed by atoms with van der Waals surface area (Å²) in [6.45, 7) is 4.73. The van der Waals surface area contributed by atoms with Crippen molar-refractivity contribution in [1.29, 1.82) is 0 Å². The van der Waals surface area contributed by atoms with Gasteiger partial charge in [0.15, 0.2) is 0 Å². The van der Waals surface area contributed by atoms with Crippen LogP contribution in [0.25, 0.3) is 50.0 Å². The van der Waals surface area contributed by atoms with Crippen LogP contribution in [0, 0.1) is 0 Å². The highest BCUT2D eigenvalue weighted by molar-refractivity contribution is 6.03. The molecule has 0 N–H and O–H groups in total. The molecule has 0 unspecified atom stereocenters. The van der Waals surface area contributed by atoms with Crippen molar-refractivity contribution >= 4 is 10.9 Å². The van der Waals surface area contributed by atoms with Crippen LogP contribution in [0.3, 0.4) is 0 Å². The Labute approximate surface area is 212 Å². The zero-order chi connectivity index (χ0) is 24.3. The lowest BCUT2D eigenvalue weighted by Gasteiger charge is -2.25. The van der Waals surface area contributed by atoms with Crippen molar-refractivity contribution in [2.75, 3.05) is 0 Å². The van der Waals surface area contributed by atoms with E-state index in [4.69, 9.17) is 0 Å². The smallest absolute Gasteiger partial charge is 0.0538 e. The predicted octanol–water partition coefficient (Wildman–Crippen LogP) is 9.27. The van der Waals surface area contributed by atoms with Gasteiger partial charge >= 0.3 is 0 Å². The maximum absolute atomic E-state index is 2.52. The van der Waals surface area contributed by atoms with E-state index >= 15 is 0 Å². The number of aromatic nitrogens is 1. The summed E-state index contributed by atoms with van der Waals surface area (Å²) in [5.41, 5.74) is 12.8. The van der Waals surface area contributed by atoms with Crippen LogP contribution in [0.1, 0.15) is 25.1 Å². The first-order valence-electron chi connectivity index (χ1n) is 12.6. The van der Waals surface area contributed by atoms with E-state index < -0.39 is 0 Å². The van der Waals surface area contributed by atoms with Gasteiger partial charge in [0, 0.05) is 27.7 Å². The van der Waals surface area contributed by atoms with E-state index in [0.29, 0.717) is 0 Å². The topological polar surface area (TPSA) is 4.93 Å². The van der Waals surface area contributed by atoms with Gasteiger partial charge in [-0.1, -0.05) is 117 Å². The molecule has 0 amide bonds.